The van der Waals surface area contributed by atoms with Crippen LogP contribution in [0.15, 0.2) is 85.5 Å². The van der Waals surface area contributed by atoms with E-state index in [1.54, 1.807) is 0 Å². The number of fused-ring (bicyclic) bond motifs is 3. The number of rotatable bonds is 11. The molecule has 194 valence electrons. The lowest BCUT2D eigenvalue weighted by molar-refractivity contribution is 0.506. The van der Waals surface area contributed by atoms with Crippen LogP contribution in [0.1, 0.15) is 90.3 Å². The minimum Gasteiger partial charge on any atom is -0.309 e. The highest BCUT2D eigenvalue weighted by atomic mass is 15.0. The number of nitrogens with zero attached hydrogens (tertiary/aromatic N) is 1. The molecule has 0 aliphatic heterocycles. The third-order valence-corrected chi connectivity index (χ3v) is 8.65. The zero-order chi connectivity index (χ0) is 26.6. The average Bonchev–Trinajstić information content (AvgIpc) is 3.24. The second-order valence-electron chi connectivity index (χ2n) is 11.9. The van der Waals surface area contributed by atoms with Crippen LogP contribution >= 0.6 is 0 Å². The molecule has 0 fully saturated rings. The average molecular weight is 492 g/mol. The van der Waals surface area contributed by atoms with Crippen molar-refractivity contribution in [2.24, 2.45) is 0 Å². The van der Waals surface area contributed by atoms with Gasteiger partial charge in [-0.2, -0.15) is 0 Å². The number of unbranched alkanes of at least 4 members (excludes halogenated alkanes) is 2. The van der Waals surface area contributed by atoms with Crippen molar-refractivity contribution >= 4 is 21.8 Å². The van der Waals surface area contributed by atoms with Gasteiger partial charge in [0.05, 0.1) is 11.0 Å². The maximum absolute atomic E-state index is 3.74. The Kier molecular flexibility index (Phi) is 8.12. The minimum absolute atomic E-state index is 0.159. The van der Waals surface area contributed by atoms with Gasteiger partial charge in [-0.3, -0.25) is 0 Å². The lowest BCUT2D eigenvalue weighted by atomic mass is 9.81. The van der Waals surface area contributed by atoms with Crippen molar-refractivity contribution < 1.29 is 0 Å². The fourth-order valence-electron chi connectivity index (χ4n) is 5.15. The molecule has 4 aromatic rings. The first-order valence-electron chi connectivity index (χ1n) is 14.2. The zero-order valence-electron chi connectivity index (χ0n) is 23.9. The summed E-state index contributed by atoms with van der Waals surface area (Å²) in [6, 6.07) is 23.5. The molecule has 0 spiro atoms. The molecule has 0 radical (unpaired) electrons. The number of allylic oxidation sites excluding steroid dienone is 3. The van der Waals surface area contributed by atoms with Crippen molar-refractivity contribution in [3.8, 4) is 5.69 Å². The van der Waals surface area contributed by atoms with Gasteiger partial charge in [0.15, 0.2) is 0 Å². The van der Waals surface area contributed by atoms with Gasteiger partial charge in [0.2, 0.25) is 0 Å². The smallest absolute Gasteiger partial charge is 0.0541 e. The molecule has 0 unspecified atom stereocenters. The zero-order valence-corrected chi connectivity index (χ0v) is 23.9. The highest BCUT2D eigenvalue weighted by Gasteiger charge is 2.23. The highest BCUT2D eigenvalue weighted by Crippen LogP contribution is 2.38. The molecule has 0 amide bonds. The normalized spacial score (nSPS) is 12.7. The Morgan fingerprint density at radius 3 is 1.76 bits per heavy atom. The molecule has 0 aliphatic carbocycles. The fraction of sp³-hybridized carbons (Fsp3) is 0.389. The number of hydrogen-bond donors (Lipinski definition) is 0. The maximum atomic E-state index is 3.74. The Hall–Kier alpha value is -3.06. The van der Waals surface area contributed by atoms with Gasteiger partial charge in [0.25, 0.3) is 0 Å². The summed E-state index contributed by atoms with van der Waals surface area (Å²) in [5.74, 6) is 0. The molecule has 1 aromatic heterocycles. The van der Waals surface area contributed by atoms with E-state index in [-0.39, 0.29) is 10.8 Å². The first-order chi connectivity index (χ1) is 17.7. The van der Waals surface area contributed by atoms with Gasteiger partial charge in [0, 0.05) is 16.5 Å². The van der Waals surface area contributed by atoms with Crippen LogP contribution in [0.25, 0.3) is 27.5 Å². The van der Waals surface area contributed by atoms with Crippen LogP contribution in [0.4, 0.5) is 0 Å². The summed E-state index contributed by atoms with van der Waals surface area (Å²) in [6.45, 7) is 17.7. The molecule has 1 heteroatoms. The molecule has 0 N–H and O–H groups in total. The lowest BCUT2D eigenvalue weighted by Crippen LogP contribution is -2.15. The number of benzene rings is 3. The van der Waals surface area contributed by atoms with E-state index < -0.39 is 0 Å². The Bertz CT molecular complexity index is 1320. The van der Waals surface area contributed by atoms with Gasteiger partial charge in [-0.05, 0) is 102 Å². The molecule has 1 nitrogen and oxygen atoms in total. The molecular weight excluding hydrogens is 446 g/mol. The molecule has 1 heterocycles. The second kappa shape index (κ2) is 11.1. The Labute approximate surface area is 224 Å². The molecule has 0 bridgehead atoms. The van der Waals surface area contributed by atoms with Gasteiger partial charge in [0.1, 0.15) is 0 Å². The van der Waals surface area contributed by atoms with Crippen molar-refractivity contribution in [1.82, 2.24) is 4.57 Å². The Morgan fingerprint density at radius 2 is 1.27 bits per heavy atom. The van der Waals surface area contributed by atoms with Crippen LogP contribution in [-0.4, -0.2) is 4.57 Å². The summed E-state index contributed by atoms with van der Waals surface area (Å²) in [5.41, 5.74) is 8.38. The summed E-state index contributed by atoms with van der Waals surface area (Å²) in [7, 11) is 0. The van der Waals surface area contributed by atoms with Crippen LogP contribution in [0, 0.1) is 0 Å². The van der Waals surface area contributed by atoms with Crippen molar-refractivity contribution in [1.29, 1.82) is 0 Å². The molecule has 0 saturated carbocycles. The molecule has 0 saturated heterocycles. The Balaban J connectivity index is 1.77. The largest absolute Gasteiger partial charge is 0.309 e. The second-order valence-corrected chi connectivity index (χ2v) is 11.9. The van der Waals surface area contributed by atoms with Crippen LogP contribution in [0.3, 0.4) is 0 Å². The maximum Gasteiger partial charge on any atom is 0.0541 e. The van der Waals surface area contributed by atoms with Crippen LogP contribution in [-0.2, 0) is 17.3 Å². The van der Waals surface area contributed by atoms with Crippen LogP contribution in [0.2, 0.25) is 0 Å². The van der Waals surface area contributed by atoms with Crippen LogP contribution in [0.5, 0.6) is 0 Å². The summed E-state index contributed by atoms with van der Waals surface area (Å²) >= 11 is 0. The van der Waals surface area contributed by atoms with E-state index in [0.29, 0.717) is 0 Å². The quantitative estimate of drug-likeness (QED) is 0.145. The minimum atomic E-state index is 0.159. The van der Waals surface area contributed by atoms with E-state index in [9.17, 15) is 0 Å². The summed E-state index contributed by atoms with van der Waals surface area (Å²) in [4.78, 5) is 0. The summed E-state index contributed by atoms with van der Waals surface area (Å²) < 4.78 is 2.46. The van der Waals surface area contributed by atoms with E-state index in [1.807, 2.05) is 12.2 Å². The summed E-state index contributed by atoms with van der Waals surface area (Å²) in [6.07, 6.45) is 13.0. The molecular formula is C36H45N. The van der Waals surface area contributed by atoms with Gasteiger partial charge >= 0.3 is 0 Å². The monoisotopic (exact) mass is 491 g/mol. The molecule has 37 heavy (non-hydrogen) atoms. The Morgan fingerprint density at radius 1 is 0.730 bits per heavy atom. The topological polar surface area (TPSA) is 4.93 Å². The fourth-order valence-corrected chi connectivity index (χ4v) is 5.15. The van der Waals surface area contributed by atoms with Gasteiger partial charge in [-0.15, -0.1) is 0 Å². The van der Waals surface area contributed by atoms with Crippen LogP contribution < -0.4 is 0 Å². The molecule has 4 rings (SSSR count). The van der Waals surface area contributed by atoms with Crippen molar-refractivity contribution in [2.75, 3.05) is 0 Å². The van der Waals surface area contributed by atoms with Gasteiger partial charge < -0.3 is 4.57 Å². The summed E-state index contributed by atoms with van der Waals surface area (Å²) in [5, 5.41) is 2.72. The van der Waals surface area contributed by atoms with E-state index >= 15 is 0 Å². The third-order valence-electron chi connectivity index (χ3n) is 8.65. The van der Waals surface area contributed by atoms with Crippen molar-refractivity contribution in [2.45, 2.75) is 90.9 Å². The lowest BCUT2D eigenvalue weighted by Gasteiger charge is -2.24. The third kappa shape index (κ3) is 5.61. The predicted molar refractivity (Wildman–Crippen MR) is 164 cm³/mol. The van der Waals surface area contributed by atoms with Gasteiger partial charge in [-0.1, -0.05) is 90.6 Å². The number of aromatic nitrogens is 1. The molecule has 3 aromatic carbocycles. The van der Waals surface area contributed by atoms with E-state index in [4.69, 9.17) is 0 Å². The molecule has 0 atom stereocenters. The SMILES string of the molecule is C=C/C=C/CCCCc1ccc(-n2c3ccc(C(C)(C)CC)cc3c3cc(C(C)(C)CC)ccc32)cc1. The first kappa shape index (κ1) is 27.0. The van der Waals surface area contributed by atoms with Crippen molar-refractivity contribution in [3.63, 3.8) is 0 Å². The molecule has 0 aliphatic rings. The standard InChI is InChI=1S/C36H45N/c1-8-11-12-13-14-15-16-27-17-21-30(22-18-27)37-33-23-19-28(35(4,5)9-2)25-31(33)32-26-29(20-24-34(32)37)36(6,7)10-3/h8,11-12,17-26H,1,9-10,13-16H2,2-7H3/b12-11+. The number of hydrogen-bond acceptors (Lipinski definition) is 0. The highest BCUT2D eigenvalue weighted by molar-refractivity contribution is 6.09. The predicted octanol–water partition coefficient (Wildman–Crippen LogP) is 10.6. The van der Waals surface area contributed by atoms with E-state index in [1.165, 1.54) is 57.0 Å². The first-order valence-corrected chi connectivity index (χ1v) is 14.2. The van der Waals surface area contributed by atoms with Gasteiger partial charge in [-0.25, -0.2) is 0 Å². The van der Waals surface area contributed by atoms with E-state index in [2.05, 4.69) is 119 Å². The van der Waals surface area contributed by atoms with E-state index in [0.717, 1.165) is 25.7 Å². The van der Waals surface area contributed by atoms with Crippen molar-refractivity contribution in [3.05, 3.63) is 102 Å². The number of aryl methyl sites for hydroxylation is 1.